The number of ether oxygens (including phenoxy) is 1. The summed E-state index contributed by atoms with van der Waals surface area (Å²) in [5.41, 5.74) is 1.81. The highest BCUT2D eigenvalue weighted by Gasteiger charge is 2.06. The van der Waals surface area contributed by atoms with E-state index < -0.39 is 6.10 Å². The second-order valence-corrected chi connectivity index (χ2v) is 4.17. The molecule has 0 aromatic heterocycles. The van der Waals surface area contributed by atoms with Gasteiger partial charge >= 0.3 is 0 Å². The van der Waals surface area contributed by atoms with Gasteiger partial charge in [-0.25, -0.2) is 0 Å². The Morgan fingerprint density at radius 2 is 2.25 bits per heavy atom. The Balaban J connectivity index is 2.72. The van der Waals surface area contributed by atoms with E-state index in [9.17, 15) is 5.11 Å². The third-order valence-electron chi connectivity index (χ3n) is 2.37. The van der Waals surface area contributed by atoms with E-state index in [4.69, 9.17) is 16.3 Å². The highest BCUT2D eigenvalue weighted by molar-refractivity contribution is 6.32. The number of aliphatic hydroxyl groups is 1. The molecule has 0 saturated carbocycles. The van der Waals surface area contributed by atoms with Crippen LogP contribution in [0.5, 0.6) is 5.75 Å². The normalized spacial score (nSPS) is 12.2. The maximum atomic E-state index is 9.38. The molecule has 0 radical (unpaired) electrons. The first-order valence-corrected chi connectivity index (χ1v) is 5.69. The predicted molar refractivity (Wildman–Crippen MR) is 67.0 cm³/mol. The van der Waals surface area contributed by atoms with E-state index in [1.807, 2.05) is 6.92 Å². The third kappa shape index (κ3) is 3.54. The van der Waals surface area contributed by atoms with Crippen molar-refractivity contribution in [2.45, 2.75) is 26.4 Å². The van der Waals surface area contributed by atoms with E-state index in [-0.39, 0.29) is 0 Å². The molecule has 0 heterocycles. The average molecular weight is 241 g/mol. The minimum Gasteiger partial charge on any atom is -0.488 e. The molecule has 0 aliphatic carbocycles. The topological polar surface area (TPSA) is 29.5 Å². The third-order valence-corrected chi connectivity index (χ3v) is 2.67. The lowest BCUT2D eigenvalue weighted by Crippen LogP contribution is -2.00. The summed E-state index contributed by atoms with van der Waals surface area (Å²) in [6, 6.07) is 5.30. The molecule has 2 nitrogen and oxygen atoms in total. The molecule has 88 valence electrons. The summed E-state index contributed by atoms with van der Waals surface area (Å²) in [7, 11) is 0. The Kier molecular flexibility index (Phi) is 4.84. The zero-order valence-corrected chi connectivity index (χ0v) is 10.4. The number of aliphatic hydroxyl groups excluding tert-OH is 1. The SMILES string of the molecule is C=C(CC)COc1ccc([C@H](C)O)cc1Cl. The van der Waals surface area contributed by atoms with Gasteiger partial charge < -0.3 is 9.84 Å². The van der Waals surface area contributed by atoms with E-state index in [0.29, 0.717) is 17.4 Å². The zero-order chi connectivity index (χ0) is 12.1. The summed E-state index contributed by atoms with van der Waals surface area (Å²) in [5, 5.41) is 9.90. The molecule has 1 aromatic rings. The van der Waals surface area contributed by atoms with Gasteiger partial charge in [-0.2, -0.15) is 0 Å². The number of halogens is 1. The van der Waals surface area contributed by atoms with E-state index in [0.717, 1.165) is 17.6 Å². The Bertz CT molecular complexity index is 372. The van der Waals surface area contributed by atoms with Crippen LogP contribution >= 0.6 is 11.6 Å². The Labute approximate surface area is 102 Å². The first kappa shape index (κ1) is 13.1. The molecule has 3 heteroatoms. The van der Waals surface area contributed by atoms with E-state index in [1.54, 1.807) is 25.1 Å². The maximum absolute atomic E-state index is 9.38. The van der Waals surface area contributed by atoms with Crippen molar-refractivity contribution in [3.8, 4) is 5.75 Å². The lowest BCUT2D eigenvalue weighted by atomic mass is 10.1. The smallest absolute Gasteiger partial charge is 0.138 e. The molecule has 0 saturated heterocycles. The molecule has 0 bridgehead atoms. The van der Waals surface area contributed by atoms with E-state index >= 15 is 0 Å². The van der Waals surface area contributed by atoms with Gasteiger partial charge in [0.05, 0.1) is 11.1 Å². The molecule has 1 N–H and O–H groups in total. The molecule has 1 atom stereocenters. The van der Waals surface area contributed by atoms with Crippen LogP contribution in [0.1, 0.15) is 31.9 Å². The lowest BCUT2D eigenvalue weighted by Gasteiger charge is -2.11. The van der Waals surface area contributed by atoms with Crippen molar-refractivity contribution in [3.63, 3.8) is 0 Å². The van der Waals surface area contributed by atoms with E-state index in [2.05, 4.69) is 6.58 Å². The van der Waals surface area contributed by atoms with E-state index in [1.165, 1.54) is 0 Å². The molecule has 0 fully saturated rings. The summed E-state index contributed by atoms with van der Waals surface area (Å²) < 4.78 is 5.51. The fourth-order valence-electron chi connectivity index (χ4n) is 1.18. The van der Waals surface area contributed by atoms with Crippen LogP contribution in [0.3, 0.4) is 0 Å². The highest BCUT2D eigenvalue weighted by Crippen LogP contribution is 2.28. The molecular weight excluding hydrogens is 224 g/mol. The summed E-state index contributed by atoms with van der Waals surface area (Å²) in [6.45, 7) is 8.06. The summed E-state index contributed by atoms with van der Waals surface area (Å²) in [4.78, 5) is 0. The molecule has 0 aliphatic rings. The van der Waals surface area contributed by atoms with Gasteiger partial charge in [-0.3, -0.25) is 0 Å². The zero-order valence-electron chi connectivity index (χ0n) is 9.66. The molecule has 1 aromatic carbocycles. The van der Waals surface area contributed by atoms with Crippen molar-refractivity contribution in [2.24, 2.45) is 0 Å². The first-order chi connectivity index (χ1) is 7.54. The number of hydrogen-bond acceptors (Lipinski definition) is 2. The van der Waals surface area contributed by atoms with Gasteiger partial charge in [-0.1, -0.05) is 31.2 Å². The van der Waals surface area contributed by atoms with Gasteiger partial charge in [0.25, 0.3) is 0 Å². The molecule has 0 aliphatic heterocycles. The molecule has 0 spiro atoms. The lowest BCUT2D eigenvalue weighted by molar-refractivity contribution is 0.199. The summed E-state index contributed by atoms with van der Waals surface area (Å²) in [6.07, 6.45) is 0.376. The second kappa shape index (κ2) is 5.92. The van der Waals surface area contributed by atoms with Gasteiger partial charge in [0.1, 0.15) is 12.4 Å². The molecule has 0 unspecified atom stereocenters. The minimum absolute atomic E-state index is 0.476. The average Bonchev–Trinajstić information content (AvgIpc) is 2.26. The van der Waals surface area contributed by atoms with Crippen molar-refractivity contribution in [1.29, 1.82) is 0 Å². The van der Waals surface area contributed by atoms with Crippen molar-refractivity contribution in [2.75, 3.05) is 6.61 Å². The van der Waals surface area contributed by atoms with Crippen LogP contribution < -0.4 is 4.74 Å². The van der Waals surface area contributed by atoms with Gasteiger partial charge in [0, 0.05) is 0 Å². The van der Waals surface area contributed by atoms with Gasteiger partial charge in [-0.05, 0) is 36.6 Å². The predicted octanol–water partition coefficient (Wildman–Crippen LogP) is 3.74. The Hall–Kier alpha value is -0.990. The number of hydrogen-bond donors (Lipinski definition) is 1. The van der Waals surface area contributed by atoms with Gasteiger partial charge in [0.15, 0.2) is 0 Å². The van der Waals surface area contributed by atoms with Crippen molar-refractivity contribution >= 4 is 11.6 Å². The maximum Gasteiger partial charge on any atom is 0.138 e. The van der Waals surface area contributed by atoms with Crippen molar-refractivity contribution < 1.29 is 9.84 Å². The molecular formula is C13H17ClO2. The van der Waals surface area contributed by atoms with Crippen LogP contribution in [0.25, 0.3) is 0 Å². The van der Waals surface area contributed by atoms with Gasteiger partial charge in [0.2, 0.25) is 0 Å². The number of benzene rings is 1. The fraction of sp³-hybridized carbons (Fsp3) is 0.385. The Morgan fingerprint density at radius 1 is 1.56 bits per heavy atom. The van der Waals surface area contributed by atoms with Crippen molar-refractivity contribution in [3.05, 3.63) is 40.9 Å². The summed E-state index contributed by atoms with van der Waals surface area (Å²) in [5.74, 6) is 0.626. The van der Waals surface area contributed by atoms with Crippen LogP contribution in [-0.4, -0.2) is 11.7 Å². The molecule has 0 amide bonds. The van der Waals surface area contributed by atoms with Crippen LogP contribution in [0.2, 0.25) is 5.02 Å². The monoisotopic (exact) mass is 240 g/mol. The summed E-state index contributed by atoms with van der Waals surface area (Å²) >= 11 is 6.03. The molecule has 1 rings (SSSR count). The largest absolute Gasteiger partial charge is 0.488 e. The highest BCUT2D eigenvalue weighted by atomic mass is 35.5. The standard InChI is InChI=1S/C13H17ClO2/c1-4-9(2)8-16-13-6-5-11(10(3)15)7-12(13)14/h5-7,10,15H,2,4,8H2,1,3H3/t10-/m0/s1. The quantitative estimate of drug-likeness (QED) is 0.795. The Morgan fingerprint density at radius 3 is 2.75 bits per heavy atom. The van der Waals surface area contributed by atoms with Gasteiger partial charge in [-0.15, -0.1) is 0 Å². The van der Waals surface area contributed by atoms with Crippen LogP contribution in [0.4, 0.5) is 0 Å². The fourth-order valence-corrected chi connectivity index (χ4v) is 1.42. The number of rotatable bonds is 5. The van der Waals surface area contributed by atoms with Crippen LogP contribution in [-0.2, 0) is 0 Å². The van der Waals surface area contributed by atoms with Crippen molar-refractivity contribution in [1.82, 2.24) is 0 Å². The van der Waals surface area contributed by atoms with Crippen LogP contribution in [0.15, 0.2) is 30.4 Å². The molecule has 16 heavy (non-hydrogen) atoms. The minimum atomic E-state index is -0.517. The van der Waals surface area contributed by atoms with Crippen LogP contribution in [0, 0.1) is 0 Å². The first-order valence-electron chi connectivity index (χ1n) is 5.31. The second-order valence-electron chi connectivity index (χ2n) is 3.76.